The molecule has 1 N–H and O–H groups in total. The summed E-state index contributed by atoms with van der Waals surface area (Å²) >= 11 is 0. The minimum absolute atomic E-state index is 0.0758. The van der Waals surface area contributed by atoms with Gasteiger partial charge in [0.1, 0.15) is 0 Å². The predicted molar refractivity (Wildman–Crippen MR) is 59.9 cm³/mol. The summed E-state index contributed by atoms with van der Waals surface area (Å²) in [5.41, 5.74) is -0.133. The van der Waals surface area contributed by atoms with E-state index in [1.165, 1.54) is 25.3 Å². The van der Waals surface area contributed by atoms with E-state index in [1.54, 1.807) is 0 Å². The zero-order valence-corrected chi connectivity index (χ0v) is 9.56. The fourth-order valence-electron chi connectivity index (χ4n) is 1.47. The second-order valence-electron chi connectivity index (χ2n) is 3.33. The average molecular weight is 265 g/mol. The van der Waals surface area contributed by atoms with Crippen molar-refractivity contribution in [2.45, 2.75) is 0 Å². The van der Waals surface area contributed by atoms with Gasteiger partial charge in [0.15, 0.2) is 0 Å². The molecule has 0 radical (unpaired) electrons. The van der Waals surface area contributed by atoms with Gasteiger partial charge in [-0.1, -0.05) is 6.07 Å². The third kappa shape index (κ3) is 2.20. The van der Waals surface area contributed by atoms with Crippen LogP contribution >= 0.6 is 0 Å². The van der Waals surface area contributed by atoms with E-state index in [0.29, 0.717) is 0 Å². The van der Waals surface area contributed by atoms with E-state index >= 15 is 0 Å². The Labute approximate surface area is 105 Å². The second-order valence-corrected chi connectivity index (χ2v) is 3.33. The number of hydrogen-bond acceptors (Lipinski definition) is 7. The second kappa shape index (κ2) is 4.72. The van der Waals surface area contributed by atoms with Crippen LogP contribution in [0.2, 0.25) is 0 Å². The van der Waals surface area contributed by atoms with Crippen molar-refractivity contribution in [2.75, 3.05) is 7.11 Å². The molecule has 9 nitrogen and oxygen atoms in total. The van der Waals surface area contributed by atoms with Gasteiger partial charge in [-0.2, -0.15) is 0 Å². The molecule has 0 aliphatic rings. The number of hydrogen-bond donors (Lipinski definition) is 1. The fraction of sp³-hybridized carbons (Fsp3) is 0.100. The fourth-order valence-corrected chi connectivity index (χ4v) is 1.47. The van der Waals surface area contributed by atoms with E-state index in [2.05, 4.69) is 10.2 Å². The standard InChI is InChI=1S/C10H7N3O6/c1-18-7-5(3-2-4-6(7)13(16)17)8-11-12-9(19-8)10(14)15/h2-4H,1H3,(H,14,15). The van der Waals surface area contributed by atoms with Crippen LogP contribution in [0.1, 0.15) is 10.7 Å². The van der Waals surface area contributed by atoms with Gasteiger partial charge < -0.3 is 14.3 Å². The van der Waals surface area contributed by atoms with Crippen molar-refractivity contribution in [2.24, 2.45) is 0 Å². The van der Waals surface area contributed by atoms with Gasteiger partial charge in [-0.3, -0.25) is 10.1 Å². The summed E-state index contributed by atoms with van der Waals surface area (Å²) in [4.78, 5) is 20.9. The molecule has 0 atom stereocenters. The molecule has 0 bridgehead atoms. The Morgan fingerprint density at radius 3 is 2.74 bits per heavy atom. The molecule has 0 aliphatic heterocycles. The number of para-hydroxylation sites is 1. The highest BCUT2D eigenvalue weighted by Gasteiger charge is 2.23. The van der Waals surface area contributed by atoms with Crippen LogP contribution in [0, 0.1) is 10.1 Å². The largest absolute Gasteiger partial charge is 0.490 e. The Kier molecular flexibility index (Phi) is 3.10. The molecule has 1 aromatic carbocycles. The highest BCUT2D eigenvalue weighted by Crippen LogP contribution is 2.36. The monoisotopic (exact) mass is 265 g/mol. The lowest BCUT2D eigenvalue weighted by molar-refractivity contribution is -0.385. The van der Waals surface area contributed by atoms with Gasteiger partial charge in [-0.25, -0.2) is 4.79 Å². The number of carboxylic acids is 1. The Morgan fingerprint density at radius 2 is 2.21 bits per heavy atom. The van der Waals surface area contributed by atoms with Crippen molar-refractivity contribution in [1.29, 1.82) is 0 Å². The zero-order chi connectivity index (χ0) is 14.0. The lowest BCUT2D eigenvalue weighted by atomic mass is 10.1. The molecule has 19 heavy (non-hydrogen) atoms. The Morgan fingerprint density at radius 1 is 1.47 bits per heavy atom. The van der Waals surface area contributed by atoms with Crippen LogP contribution in [0.4, 0.5) is 5.69 Å². The van der Waals surface area contributed by atoms with E-state index in [9.17, 15) is 14.9 Å². The van der Waals surface area contributed by atoms with Crippen LogP contribution in [0.15, 0.2) is 22.6 Å². The first-order valence-electron chi connectivity index (χ1n) is 4.93. The van der Waals surface area contributed by atoms with Gasteiger partial charge in [0, 0.05) is 6.07 Å². The van der Waals surface area contributed by atoms with Crippen LogP contribution in [0.5, 0.6) is 5.75 Å². The summed E-state index contributed by atoms with van der Waals surface area (Å²) in [5, 5.41) is 26.3. The van der Waals surface area contributed by atoms with Crippen LogP contribution in [0.3, 0.4) is 0 Å². The summed E-state index contributed by atoms with van der Waals surface area (Å²) in [7, 11) is 1.25. The lowest BCUT2D eigenvalue weighted by Crippen LogP contribution is -1.96. The number of aromatic nitrogens is 2. The Bertz CT molecular complexity index is 650. The van der Waals surface area contributed by atoms with Gasteiger partial charge >= 0.3 is 17.5 Å². The number of aromatic carboxylic acids is 1. The van der Waals surface area contributed by atoms with Crippen molar-refractivity contribution in [3.05, 3.63) is 34.2 Å². The molecule has 2 aromatic rings. The molecular formula is C10H7N3O6. The first-order valence-corrected chi connectivity index (χ1v) is 4.93. The van der Waals surface area contributed by atoms with Gasteiger partial charge in [-0.05, 0) is 6.07 Å². The van der Waals surface area contributed by atoms with Crippen molar-refractivity contribution in [1.82, 2.24) is 10.2 Å². The number of rotatable bonds is 4. The first-order chi connectivity index (χ1) is 9.04. The molecule has 1 aromatic heterocycles. The normalized spacial score (nSPS) is 10.2. The maximum absolute atomic E-state index is 10.8. The summed E-state index contributed by atoms with van der Waals surface area (Å²) < 4.78 is 9.83. The van der Waals surface area contributed by atoms with Crippen molar-refractivity contribution >= 4 is 11.7 Å². The maximum Gasteiger partial charge on any atom is 0.393 e. The van der Waals surface area contributed by atoms with Gasteiger partial charge in [0.05, 0.1) is 17.6 Å². The summed E-state index contributed by atoms with van der Waals surface area (Å²) in [6, 6.07) is 4.10. The number of nitro benzene ring substituents is 1. The third-order valence-corrected chi connectivity index (χ3v) is 2.23. The van der Waals surface area contributed by atoms with E-state index in [-0.39, 0.29) is 22.9 Å². The Hall–Kier alpha value is -2.97. The van der Waals surface area contributed by atoms with Crippen LogP contribution in [-0.4, -0.2) is 33.3 Å². The zero-order valence-electron chi connectivity index (χ0n) is 9.56. The molecule has 0 unspecified atom stereocenters. The smallest absolute Gasteiger partial charge is 0.393 e. The number of nitro groups is 1. The number of benzene rings is 1. The number of nitrogens with zero attached hydrogens (tertiary/aromatic N) is 3. The van der Waals surface area contributed by atoms with Crippen LogP contribution in [0.25, 0.3) is 11.5 Å². The molecule has 0 aliphatic carbocycles. The third-order valence-electron chi connectivity index (χ3n) is 2.23. The maximum atomic E-state index is 10.8. The minimum Gasteiger partial charge on any atom is -0.490 e. The first kappa shape index (κ1) is 12.5. The topological polar surface area (TPSA) is 129 Å². The molecular weight excluding hydrogens is 258 g/mol. The minimum atomic E-state index is -1.39. The SMILES string of the molecule is COc1c(-c2nnc(C(=O)O)o2)cccc1[N+](=O)[O-]. The van der Waals surface area contributed by atoms with E-state index < -0.39 is 16.8 Å². The molecule has 0 saturated heterocycles. The van der Waals surface area contributed by atoms with Gasteiger partial charge in [-0.15, -0.1) is 10.2 Å². The summed E-state index contributed by atoms with van der Waals surface area (Å²) in [5.74, 6) is -2.24. The van der Waals surface area contributed by atoms with E-state index in [1.807, 2.05) is 0 Å². The molecule has 0 spiro atoms. The number of carbonyl (C=O) groups is 1. The summed E-state index contributed by atoms with van der Waals surface area (Å²) in [6.07, 6.45) is 0. The average Bonchev–Trinajstić information content (AvgIpc) is 2.87. The van der Waals surface area contributed by atoms with Crippen LogP contribution < -0.4 is 4.74 Å². The van der Waals surface area contributed by atoms with Crippen molar-refractivity contribution < 1.29 is 24.0 Å². The Balaban J connectivity index is 2.58. The molecule has 1 heterocycles. The van der Waals surface area contributed by atoms with Crippen LogP contribution in [-0.2, 0) is 0 Å². The highest BCUT2D eigenvalue weighted by atomic mass is 16.6. The van der Waals surface area contributed by atoms with Crippen molar-refractivity contribution in [3.63, 3.8) is 0 Å². The predicted octanol–water partition coefficient (Wildman–Crippen LogP) is 1.35. The molecule has 2 rings (SSSR count). The van der Waals surface area contributed by atoms with Crippen molar-refractivity contribution in [3.8, 4) is 17.2 Å². The molecule has 0 amide bonds. The van der Waals surface area contributed by atoms with Gasteiger partial charge in [0.2, 0.25) is 5.75 Å². The lowest BCUT2D eigenvalue weighted by Gasteiger charge is -2.04. The molecule has 98 valence electrons. The molecule has 0 fully saturated rings. The highest BCUT2D eigenvalue weighted by molar-refractivity contribution is 5.82. The molecule has 9 heteroatoms. The number of ether oxygens (including phenoxy) is 1. The number of methoxy groups -OCH3 is 1. The number of carboxylic acid groups (broad SMARTS) is 1. The molecule has 0 saturated carbocycles. The van der Waals surface area contributed by atoms with Gasteiger partial charge in [0.25, 0.3) is 5.89 Å². The van der Waals surface area contributed by atoms with E-state index in [0.717, 1.165) is 0 Å². The quantitative estimate of drug-likeness (QED) is 0.647. The van der Waals surface area contributed by atoms with E-state index in [4.69, 9.17) is 14.3 Å². The summed E-state index contributed by atoms with van der Waals surface area (Å²) in [6.45, 7) is 0.